The lowest BCUT2D eigenvalue weighted by Gasteiger charge is -2.07. The second kappa shape index (κ2) is 5.60. The van der Waals surface area contributed by atoms with Gasteiger partial charge in [-0.3, -0.25) is 10.1 Å². The molecule has 0 aliphatic heterocycles. The molecule has 1 heterocycles. The van der Waals surface area contributed by atoms with Gasteiger partial charge in [0.2, 0.25) is 5.89 Å². The number of nitrogens with one attached hydrogen (secondary N) is 1. The first-order valence-electron chi connectivity index (χ1n) is 6.00. The molecule has 0 amide bonds. The van der Waals surface area contributed by atoms with Gasteiger partial charge in [-0.2, -0.15) is 0 Å². The highest BCUT2D eigenvalue weighted by Crippen LogP contribution is 2.29. The number of nitrogens with zero attached hydrogens (tertiary/aromatic N) is 2. The Hall–Kier alpha value is -2.57. The lowest BCUT2D eigenvalue weighted by atomic mass is 10.2. The SMILES string of the molecule is COc1ccc([N+](=O)[O-])c(NCc2nc(C)c(C)o2)c1. The lowest BCUT2D eigenvalue weighted by molar-refractivity contribution is -0.384. The van der Waals surface area contributed by atoms with Crippen molar-refractivity contribution in [3.63, 3.8) is 0 Å². The maximum absolute atomic E-state index is 11.0. The number of nitro benzene ring substituents is 1. The molecule has 0 unspecified atom stereocenters. The van der Waals surface area contributed by atoms with Crippen molar-refractivity contribution in [2.45, 2.75) is 20.4 Å². The average molecular weight is 277 g/mol. The van der Waals surface area contributed by atoms with Crippen LogP contribution < -0.4 is 10.1 Å². The second-order valence-corrected chi connectivity index (χ2v) is 4.24. The standard InChI is InChI=1S/C13H15N3O4/c1-8-9(2)20-13(15-8)7-14-11-6-10(19-3)4-5-12(11)16(17)18/h4-6,14H,7H2,1-3H3. The highest BCUT2D eigenvalue weighted by Gasteiger charge is 2.15. The molecule has 2 aromatic rings. The zero-order valence-corrected chi connectivity index (χ0v) is 11.5. The molecular weight excluding hydrogens is 262 g/mol. The first-order valence-corrected chi connectivity index (χ1v) is 6.00. The fourth-order valence-corrected chi connectivity index (χ4v) is 1.73. The second-order valence-electron chi connectivity index (χ2n) is 4.24. The van der Waals surface area contributed by atoms with Crippen LogP contribution in [0.25, 0.3) is 0 Å². The number of nitro groups is 1. The van der Waals surface area contributed by atoms with Gasteiger partial charge in [-0.25, -0.2) is 4.98 Å². The van der Waals surface area contributed by atoms with E-state index >= 15 is 0 Å². The van der Waals surface area contributed by atoms with E-state index in [0.717, 1.165) is 11.5 Å². The zero-order chi connectivity index (χ0) is 14.7. The topological polar surface area (TPSA) is 90.4 Å². The van der Waals surface area contributed by atoms with Gasteiger partial charge < -0.3 is 14.5 Å². The Morgan fingerprint density at radius 3 is 2.75 bits per heavy atom. The van der Waals surface area contributed by atoms with Crippen LogP contribution in [-0.2, 0) is 6.54 Å². The van der Waals surface area contributed by atoms with Gasteiger partial charge in [-0.05, 0) is 19.9 Å². The zero-order valence-electron chi connectivity index (χ0n) is 11.5. The molecule has 20 heavy (non-hydrogen) atoms. The van der Waals surface area contributed by atoms with E-state index in [2.05, 4.69) is 10.3 Å². The van der Waals surface area contributed by atoms with Crippen LogP contribution >= 0.6 is 0 Å². The smallest absolute Gasteiger partial charge is 0.292 e. The summed E-state index contributed by atoms with van der Waals surface area (Å²) in [4.78, 5) is 14.7. The van der Waals surface area contributed by atoms with E-state index in [1.54, 1.807) is 12.1 Å². The Labute approximate surface area is 115 Å². The molecule has 0 saturated heterocycles. The van der Waals surface area contributed by atoms with Crippen LogP contribution in [0.3, 0.4) is 0 Å². The summed E-state index contributed by atoms with van der Waals surface area (Å²) in [6.07, 6.45) is 0. The molecule has 0 aliphatic carbocycles. The Morgan fingerprint density at radius 1 is 1.45 bits per heavy atom. The third-order valence-electron chi connectivity index (χ3n) is 2.90. The van der Waals surface area contributed by atoms with Crippen molar-refractivity contribution in [1.29, 1.82) is 0 Å². The number of aromatic nitrogens is 1. The summed E-state index contributed by atoms with van der Waals surface area (Å²) >= 11 is 0. The summed E-state index contributed by atoms with van der Waals surface area (Å²) < 4.78 is 10.5. The molecule has 7 heteroatoms. The number of aryl methyl sites for hydroxylation is 2. The normalized spacial score (nSPS) is 10.3. The highest BCUT2D eigenvalue weighted by atomic mass is 16.6. The van der Waals surface area contributed by atoms with Gasteiger partial charge in [-0.15, -0.1) is 0 Å². The highest BCUT2D eigenvalue weighted by molar-refractivity contribution is 5.64. The number of ether oxygens (including phenoxy) is 1. The molecule has 106 valence electrons. The molecule has 0 spiro atoms. The Bertz CT molecular complexity index is 617. The summed E-state index contributed by atoms with van der Waals surface area (Å²) in [6, 6.07) is 4.51. The van der Waals surface area contributed by atoms with E-state index < -0.39 is 4.92 Å². The quantitative estimate of drug-likeness (QED) is 0.667. The van der Waals surface area contributed by atoms with Crippen LogP contribution in [0.1, 0.15) is 17.3 Å². The van der Waals surface area contributed by atoms with E-state index in [-0.39, 0.29) is 12.2 Å². The maximum Gasteiger partial charge on any atom is 0.292 e. The predicted molar refractivity (Wildman–Crippen MR) is 73.0 cm³/mol. The molecule has 1 N–H and O–H groups in total. The number of methoxy groups -OCH3 is 1. The summed E-state index contributed by atoms with van der Waals surface area (Å²) in [6.45, 7) is 3.93. The van der Waals surface area contributed by atoms with Gasteiger partial charge in [0.05, 0.1) is 24.3 Å². The van der Waals surface area contributed by atoms with Crippen molar-refractivity contribution in [1.82, 2.24) is 4.98 Å². The van der Waals surface area contributed by atoms with Crippen LogP contribution in [0.5, 0.6) is 5.75 Å². The fourth-order valence-electron chi connectivity index (χ4n) is 1.73. The van der Waals surface area contributed by atoms with E-state index in [4.69, 9.17) is 9.15 Å². The van der Waals surface area contributed by atoms with E-state index in [9.17, 15) is 10.1 Å². The number of oxazole rings is 1. The summed E-state index contributed by atoms with van der Waals surface area (Å²) in [7, 11) is 1.51. The minimum absolute atomic E-state index is 0.0224. The van der Waals surface area contributed by atoms with Gasteiger partial charge in [0.15, 0.2) is 0 Å². The van der Waals surface area contributed by atoms with Gasteiger partial charge in [0.25, 0.3) is 5.69 Å². The largest absolute Gasteiger partial charge is 0.497 e. The fraction of sp³-hybridized carbons (Fsp3) is 0.308. The number of benzene rings is 1. The van der Waals surface area contributed by atoms with Crippen LogP contribution in [0.4, 0.5) is 11.4 Å². The third-order valence-corrected chi connectivity index (χ3v) is 2.90. The summed E-state index contributed by atoms with van der Waals surface area (Å²) in [5.41, 5.74) is 1.15. The van der Waals surface area contributed by atoms with Crippen LogP contribution in [-0.4, -0.2) is 17.0 Å². The minimum Gasteiger partial charge on any atom is -0.497 e. The van der Waals surface area contributed by atoms with Gasteiger partial charge in [-0.1, -0.05) is 0 Å². The molecule has 7 nitrogen and oxygen atoms in total. The van der Waals surface area contributed by atoms with Crippen molar-refractivity contribution in [3.05, 3.63) is 45.7 Å². The molecule has 1 aromatic heterocycles. The van der Waals surface area contributed by atoms with E-state index in [0.29, 0.717) is 17.3 Å². The van der Waals surface area contributed by atoms with E-state index in [1.165, 1.54) is 13.2 Å². The van der Waals surface area contributed by atoms with Crippen LogP contribution in [0, 0.1) is 24.0 Å². The molecular formula is C13H15N3O4. The molecule has 0 saturated carbocycles. The molecule has 0 bridgehead atoms. The van der Waals surface area contributed by atoms with Crippen LogP contribution in [0.15, 0.2) is 22.6 Å². The van der Waals surface area contributed by atoms with Crippen molar-refractivity contribution >= 4 is 11.4 Å². The minimum atomic E-state index is -0.451. The van der Waals surface area contributed by atoms with Crippen molar-refractivity contribution in [2.75, 3.05) is 12.4 Å². The van der Waals surface area contributed by atoms with Gasteiger partial charge >= 0.3 is 0 Å². The molecule has 0 radical (unpaired) electrons. The third kappa shape index (κ3) is 2.87. The van der Waals surface area contributed by atoms with Crippen molar-refractivity contribution in [3.8, 4) is 5.75 Å². The molecule has 0 aliphatic rings. The van der Waals surface area contributed by atoms with Gasteiger partial charge in [0.1, 0.15) is 17.2 Å². The first-order chi connectivity index (χ1) is 9.51. The maximum atomic E-state index is 11.0. The van der Waals surface area contributed by atoms with Crippen molar-refractivity contribution in [2.24, 2.45) is 0 Å². The molecule has 1 aromatic carbocycles. The molecule has 2 rings (SSSR count). The molecule has 0 fully saturated rings. The number of hydrogen-bond donors (Lipinski definition) is 1. The monoisotopic (exact) mass is 277 g/mol. The van der Waals surface area contributed by atoms with Crippen LogP contribution in [0.2, 0.25) is 0 Å². The Morgan fingerprint density at radius 2 is 2.20 bits per heavy atom. The van der Waals surface area contributed by atoms with Crippen molar-refractivity contribution < 1.29 is 14.1 Å². The Balaban J connectivity index is 2.20. The number of hydrogen-bond acceptors (Lipinski definition) is 6. The first kappa shape index (κ1) is 13.9. The van der Waals surface area contributed by atoms with E-state index in [1.807, 2.05) is 13.8 Å². The Kier molecular flexibility index (Phi) is 3.88. The number of anilines is 1. The number of rotatable bonds is 5. The average Bonchev–Trinajstić information content (AvgIpc) is 2.75. The predicted octanol–water partition coefficient (Wildman–Crippen LogP) is 2.82. The molecule has 0 atom stereocenters. The lowest BCUT2D eigenvalue weighted by Crippen LogP contribution is -2.03. The summed E-state index contributed by atoms with van der Waals surface area (Å²) in [5, 5.41) is 13.9. The summed E-state index contributed by atoms with van der Waals surface area (Å²) in [5.74, 6) is 1.76. The van der Waals surface area contributed by atoms with Gasteiger partial charge in [0, 0.05) is 12.1 Å².